The van der Waals surface area contributed by atoms with Gasteiger partial charge in [0.2, 0.25) is 0 Å². The Kier molecular flexibility index (Phi) is 5.72. The highest BCUT2D eigenvalue weighted by molar-refractivity contribution is 6.35. The third-order valence-electron chi connectivity index (χ3n) is 2.59. The molecule has 0 aliphatic carbocycles. The number of carbonyl (C=O) groups is 1. The first-order valence-electron chi connectivity index (χ1n) is 5.66. The Morgan fingerprint density at radius 1 is 1.53 bits per heavy atom. The number of hydrogen-bond donors (Lipinski definition) is 0. The highest BCUT2D eigenvalue weighted by atomic mass is 35.5. The Hall–Kier alpha value is -1.66. The van der Waals surface area contributed by atoms with Crippen molar-refractivity contribution in [3.05, 3.63) is 38.9 Å². The van der Waals surface area contributed by atoms with Crippen LogP contribution in [0.3, 0.4) is 0 Å². The van der Waals surface area contributed by atoms with E-state index >= 15 is 0 Å². The van der Waals surface area contributed by atoms with Gasteiger partial charge in [-0.25, -0.2) is 0 Å². The number of carbonyl (C=O) groups excluding carboxylic acids is 1. The van der Waals surface area contributed by atoms with E-state index in [4.69, 9.17) is 16.3 Å². The third kappa shape index (κ3) is 3.90. The quantitative estimate of drug-likeness (QED) is 0.457. The van der Waals surface area contributed by atoms with Gasteiger partial charge in [-0.05, 0) is 12.5 Å². The van der Waals surface area contributed by atoms with Crippen molar-refractivity contribution in [1.82, 2.24) is 4.90 Å². The summed E-state index contributed by atoms with van der Waals surface area (Å²) in [5.41, 5.74) is -0.131. The molecule has 19 heavy (non-hydrogen) atoms. The molecule has 104 valence electrons. The van der Waals surface area contributed by atoms with Crippen LogP contribution in [0, 0.1) is 10.1 Å². The van der Waals surface area contributed by atoms with Gasteiger partial charge in [-0.3, -0.25) is 14.9 Å². The van der Waals surface area contributed by atoms with Crippen LogP contribution in [-0.2, 0) is 4.74 Å². The molecule has 0 radical (unpaired) electrons. The molecule has 1 aromatic carbocycles. The van der Waals surface area contributed by atoms with Crippen molar-refractivity contribution in [2.75, 3.05) is 27.3 Å². The largest absolute Gasteiger partial charge is 0.385 e. The summed E-state index contributed by atoms with van der Waals surface area (Å²) in [5.74, 6) is -0.343. The van der Waals surface area contributed by atoms with Gasteiger partial charge in [-0.1, -0.05) is 17.7 Å². The molecule has 0 aliphatic rings. The van der Waals surface area contributed by atoms with E-state index in [1.165, 1.54) is 23.1 Å². The molecule has 0 fully saturated rings. The first kappa shape index (κ1) is 15.4. The Morgan fingerprint density at radius 3 is 2.79 bits per heavy atom. The molecule has 0 saturated heterocycles. The SMILES string of the molecule is COCCCN(C)C(=O)c1cccc([N+](=O)[O-])c1Cl. The van der Waals surface area contributed by atoms with Crippen LogP contribution in [0.25, 0.3) is 0 Å². The zero-order valence-corrected chi connectivity index (χ0v) is 11.5. The fraction of sp³-hybridized carbons (Fsp3) is 0.417. The van der Waals surface area contributed by atoms with Crippen molar-refractivity contribution in [1.29, 1.82) is 0 Å². The standard InChI is InChI=1S/C12H15ClN2O4/c1-14(7-4-8-19-2)12(16)9-5-3-6-10(11(9)13)15(17)18/h3,5-6H,4,7-8H2,1-2H3. The average molecular weight is 287 g/mol. The Balaban J connectivity index is 2.88. The lowest BCUT2D eigenvalue weighted by Crippen LogP contribution is -2.28. The minimum absolute atomic E-state index is 0.129. The first-order chi connectivity index (χ1) is 8.99. The number of hydrogen-bond acceptors (Lipinski definition) is 4. The van der Waals surface area contributed by atoms with Gasteiger partial charge in [0.15, 0.2) is 0 Å². The Bertz CT molecular complexity index is 479. The van der Waals surface area contributed by atoms with E-state index in [0.717, 1.165) is 0 Å². The van der Waals surface area contributed by atoms with E-state index < -0.39 is 4.92 Å². The first-order valence-corrected chi connectivity index (χ1v) is 6.04. The number of methoxy groups -OCH3 is 1. The van der Waals surface area contributed by atoms with Gasteiger partial charge in [0.05, 0.1) is 10.5 Å². The zero-order valence-electron chi connectivity index (χ0n) is 10.8. The monoisotopic (exact) mass is 286 g/mol. The molecule has 0 aliphatic heterocycles. The van der Waals surface area contributed by atoms with E-state index in [1.54, 1.807) is 14.2 Å². The van der Waals surface area contributed by atoms with E-state index in [-0.39, 0.29) is 22.2 Å². The van der Waals surface area contributed by atoms with Gasteiger partial charge in [0.1, 0.15) is 5.02 Å². The molecular formula is C12H15ClN2O4. The summed E-state index contributed by atoms with van der Waals surface area (Å²) in [6, 6.07) is 4.19. The number of ether oxygens (including phenoxy) is 1. The van der Waals surface area contributed by atoms with Crippen LogP contribution >= 0.6 is 11.6 Å². The van der Waals surface area contributed by atoms with Gasteiger partial charge in [-0.2, -0.15) is 0 Å². The van der Waals surface area contributed by atoms with Crippen LogP contribution in [0.15, 0.2) is 18.2 Å². The van der Waals surface area contributed by atoms with Crippen molar-refractivity contribution >= 4 is 23.2 Å². The molecule has 1 amide bonds. The number of amides is 1. The molecule has 1 rings (SSSR count). The van der Waals surface area contributed by atoms with Crippen LogP contribution < -0.4 is 0 Å². The van der Waals surface area contributed by atoms with Crippen LogP contribution in [0.1, 0.15) is 16.8 Å². The summed E-state index contributed by atoms with van der Waals surface area (Å²) in [6.07, 6.45) is 0.686. The number of nitro benzene ring substituents is 1. The van der Waals surface area contributed by atoms with Gasteiger partial charge < -0.3 is 9.64 Å². The van der Waals surface area contributed by atoms with Gasteiger partial charge >= 0.3 is 0 Å². The number of halogens is 1. The summed E-state index contributed by atoms with van der Waals surface area (Å²) < 4.78 is 4.90. The number of nitrogens with zero attached hydrogens (tertiary/aromatic N) is 2. The second kappa shape index (κ2) is 7.06. The maximum atomic E-state index is 12.1. The van der Waals surface area contributed by atoms with Crippen molar-refractivity contribution in [3.8, 4) is 0 Å². The predicted octanol–water partition coefficient (Wildman–Crippen LogP) is 2.36. The molecular weight excluding hydrogens is 272 g/mol. The highest BCUT2D eigenvalue weighted by Crippen LogP contribution is 2.28. The normalized spacial score (nSPS) is 10.3. The molecule has 0 spiro atoms. The summed E-state index contributed by atoms with van der Waals surface area (Å²) in [6.45, 7) is 1.03. The maximum Gasteiger partial charge on any atom is 0.288 e. The fourth-order valence-electron chi connectivity index (χ4n) is 1.58. The van der Waals surface area contributed by atoms with Crippen LogP contribution in [-0.4, -0.2) is 43.0 Å². The van der Waals surface area contributed by atoms with Gasteiger partial charge in [0, 0.05) is 33.4 Å². The third-order valence-corrected chi connectivity index (χ3v) is 2.99. The van der Waals surface area contributed by atoms with Crippen molar-refractivity contribution < 1.29 is 14.5 Å². The van der Waals surface area contributed by atoms with Crippen LogP contribution in [0.4, 0.5) is 5.69 Å². The fourth-order valence-corrected chi connectivity index (χ4v) is 1.86. The maximum absolute atomic E-state index is 12.1. The summed E-state index contributed by atoms with van der Waals surface area (Å²) in [5, 5.41) is 10.6. The highest BCUT2D eigenvalue weighted by Gasteiger charge is 2.21. The van der Waals surface area contributed by atoms with E-state index in [0.29, 0.717) is 19.6 Å². The molecule has 0 aromatic heterocycles. The topological polar surface area (TPSA) is 72.7 Å². The molecule has 0 heterocycles. The minimum atomic E-state index is -0.607. The molecule has 0 unspecified atom stereocenters. The van der Waals surface area contributed by atoms with Crippen molar-refractivity contribution in [2.24, 2.45) is 0 Å². The number of rotatable bonds is 6. The number of benzene rings is 1. The average Bonchev–Trinajstić information content (AvgIpc) is 2.38. The lowest BCUT2D eigenvalue weighted by molar-refractivity contribution is -0.384. The molecule has 1 aromatic rings. The summed E-state index contributed by atoms with van der Waals surface area (Å²) in [4.78, 5) is 23.7. The summed E-state index contributed by atoms with van der Waals surface area (Å²) in [7, 11) is 3.20. The van der Waals surface area contributed by atoms with Crippen LogP contribution in [0.5, 0.6) is 0 Å². The van der Waals surface area contributed by atoms with Crippen molar-refractivity contribution in [2.45, 2.75) is 6.42 Å². The van der Waals surface area contributed by atoms with Crippen molar-refractivity contribution in [3.63, 3.8) is 0 Å². The summed E-state index contributed by atoms with van der Waals surface area (Å²) >= 11 is 5.89. The minimum Gasteiger partial charge on any atom is -0.385 e. The van der Waals surface area contributed by atoms with E-state index in [2.05, 4.69) is 0 Å². The van der Waals surface area contributed by atoms with E-state index in [1.807, 2.05) is 0 Å². The molecule has 0 saturated carbocycles. The van der Waals surface area contributed by atoms with E-state index in [9.17, 15) is 14.9 Å². The number of nitro groups is 1. The zero-order chi connectivity index (χ0) is 14.4. The smallest absolute Gasteiger partial charge is 0.288 e. The second-order valence-corrected chi connectivity index (χ2v) is 4.35. The molecule has 6 nitrogen and oxygen atoms in total. The molecule has 0 N–H and O–H groups in total. The molecule has 0 atom stereocenters. The van der Waals surface area contributed by atoms with Gasteiger partial charge in [-0.15, -0.1) is 0 Å². The Morgan fingerprint density at radius 2 is 2.21 bits per heavy atom. The van der Waals surface area contributed by atoms with Crippen LogP contribution in [0.2, 0.25) is 5.02 Å². The molecule has 0 bridgehead atoms. The lowest BCUT2D eigenvalue weighted by atomic mass is 10.1. The molecule has 7 heteroatoms. The van der Waals surface area contributed by atoms with Gasteiger partial charge in [0.25, 0.3) is 11.6 Å². The Labute approximate surface area is 116 Å². The lowest BCUT2D eigenvalue weighted by Gasteiger charge is -2.17. The second-order valence-electron chi connectivity index (χ2n) is 3.97. The predicted molar refractivity (Wildman–Crippen MR) is 71.6 cm³/mol.